The molecule has 1 saturated carbocycles. The molecule has 1 aliphatic carbocycles. The predicted octanol–water partition coefficient (Wildman–Crippen LogP) is 3.09. The van der Waals surface area contributed by atoms with Gasteiger partial charge in [-0.2, -0.15) is 0 Å². The van der Waals surface area contributed by atoms with Crippen LogP contribution in [0.15, 0.2) is 28.2 Å². The van der Waals surface area contributed by atoms with E-state index < -0.39 is 0 Å². The Morgan fingerprint density at radius 3 is 2.79 bits per heavy atom. The zero-order chi connectivity index (χ0) is 10.1. The Morgan fingerprint density at radius 1 is 1.43 bits per heavy atom. The molecule has 1 fully saturated rings. The van der Waals surface area contributed by atoms with Gasteiger partial charge in [0.15, 0.2) is 0 Å². The molecule has 0 radical (unpaired) electrons. The first-order valence-corrected chi connectivity index (χ1v) is 5.34. The van der Waals surface area contributed by atoms with Crippen LogP contribution in [0.2, 0.25) is 0 Å². The fourth-order valence-electron chi connectivity index (χ4n) is 1.58. The van der Waals surface area contributed by atoms with Crippen molar-refractivity contribution in [2.45, 2.75) is 18.9 Å². The van der Waals surface area contributed by atoms with E-state index in [9.17, 15) is 4.39 Å². The van der Waals surface area contributed by atoms with Crippen LogP contribution in [0.25, 0.3) is 6.08 Å². The van der Waals surface area contributed by atoms with Crippen molar-refractivity contribution < 1.29 is 4.39 Å². The first-order chi connectivity index (χ1) is 6.65. The Hall–Kier alpha value is -0.670. The second-order valence-electron chi connectivity index (χ2n) is 3.64. The summed E-state index contributed by atoms with van der Waals surface area (Å²) in [5, 5.41) is 0. The van der Waals surface area contributed by atoms with Gasteiger partial charge in [0.05, 0.1) is 0 Å². The first-order valence-electron chi connectivity index (χ1n) is 4.55. The molecule has 1 aromatic carbocycles. The van der Waals surface area contributed by atoms with Gasteiger partial charge in [-0.25, -0.2) is 4.39 Å². The van der Waals surface area contributed by atoms with Crippen LogP contribution in [0, 0.1) is 5.82 Å². The molecule has 74 valence electrons. The van der Waals surface area contributed by atoms with Crippen molar-refractivity contribution in [1.82, 2.24) is 0 Å². The molecule has 0 spiro atoms. The molecule has 0 unspecified atom stereocenters. The third kappa shape index (κ3) is 2.04. The Kier molecular flexibility index (Phi) is 2.70. The molecule has 0 aromatic heterocycles. The van der Waals surface area contributed by atoms with Crippen molar-refractivity contribution in [2.75, 3.05) is 0 Å². The SMILES string of the molecule is NC1CC(=Cc2cc(F)ccc2Br)C1. The fraction of sp³-hybridized carbons (Fsp3) is 0.273. The normalized spacial score (nSPS) is 20.5. The lowest BCUT2D eigenvalue weighted by Crippen LogP contribution is -2.29. The highest BCUT2D eigenvalue weighted by atomic mass is 79.9. The maximum Gasteiger partial charge on any atom is 0.123 e. The molecule has 0 bridgehead atoms. The summed E-state index contributed by atoms with van der Waals surface area (Å²) in [6.07, 6.45) is 3.88. The van der Waals surface area contributed by atoms with E-state index in [1.54, 1.807) is 6.07 Å². The van der Waals surface area contributed by atoms with Crippen molar-refractivity contribution in [2.24, 2.45) is 5.73 Å². The van der Waals surface area contributed by atoms with Crippen LogP contribution < -0.4 is 5.73 Å². The molecular formula is C11H11BrFN. The molecule has 3 heteroatoms. The maximum atomic E-state index is 12.9. The quantitative estimate of drug-likeness (QED) is 0.820. The monoisotopic (exact) mass is 255 g/mol. The van der Waals surface area contributed by atoms with Gasteiger partial charge >= 0.3 is 0 Å². The number of hydrogen-bond donors (Lipinski definition) is 1. The van der Waals surface area contributed by atoms with Crippen molar-refractivity contribution >= 4 is 22.0 Å². The highest BCUT2D eigenvalue weighted by molar-refractivity contribution is 9.10. The predicted molar refractivity (Wildman–Crippen MR) is 59.3 cm³/mol. The van der Waals surface area contributed by atoms with E-state index in [1.165, 1.54) is 17.7 Å². The molecule has 0 amide bonds. The largest absolute Gasteiger partial charge is 0.327 e. The highest BCUT2D eigenvalue weighted by Gasteiger charge is 2.18. The summed E-state index contributed by atoms with van der Waals surface area (Å²) < 4.78 is 13.8. The van der Waals surface area contributed by atoms with E-state index in [1.807, 2.05) is 6.08 Å². The molecule has 0 aliphatic heterocycles. The van der Waals surface area contributed by atoms with E-state index in [4.69, 9.17) is 5.73 Å². The smallest absolute Gasteiger partial charge is 0.123 e. The van der Waals surface area contributed by atoms with Gasteiger partial charge in [-0.3, -0.25) is 0 Å². The van der Waals surface area contributed by atoms with Gasteiger partial charge in [-0.1, -0.05) is 27.6 Å². The Balaban J connectivity index is 2.24. The molecule has 2 N–H and O–H groups in total. The van der Waals surface area contributed by atoms with Crippen LogP contribution in [0.5, 0.6) is 0 Å². The molecule has 1 aliphatic rings. The minimum absolute atomic E-state index is 0.205. The van der Waals surface area contributed by atoms with E-state index in [0.717, 1.165) is 22.9 Å². The summed E-state index contributed by atoms with van der Waals surface area (Å²) in [7, 11) is 0. The van der Waals surface area contributed by atoms with Gasteiger partial charge in [0.25, 0.3) is 0 Å². The molecular weight excluding hydrogens is 245 g/mol. The van der Waals surface area contributed by atoms with Gasteiger partial charge in [0.2, 0.25) is 0 Å². The summed E-state index contributed by atoms with van der Waals surface area (Å²) in [6.45, 7) is 0. The Morgan fingerprint density at radius 2 is 2.14 bits per heavy atom. The average Bonchev–Trinajstić information content (AvgIpc) is 2.09. The second-order valence-corrected chi connectivity index (χ2v) is 4.49. The number of rotatable bonds is 1. The average molecular weight is 256 g/mol. The molecule has 1 aromatic rings. The molecule has 0 heterocycles. The zero-order valence-corrected chi connectivity index (χ0v) is 9.22. The minimum atomic E-state index is -0.205. The summed E-state index contributed by atoms with van der Waals surface area (Å²) in [5.74, 6) is -0.205. The van der Waals surface area contributed by atoms with Crippen LogP contribution in [-0.4, -0.2) is 6.04 Å². The molecule has 0 atom stereocenters. The topological polar surface area (TPSA) is 26.0 Å². The Labute approximate surface area is 90.9 Å². The molecule has 1 nitrogen and oxygen atoms in total. The van der Waals surface area contributed by atoms with Crippen molar-refractivity contribution in [3.8, 4) is 0 Å². The zero-order valence-electron chi connectivity index (χ0n) is 7.63. The number of hydrogen-bond acceptors (Lipinski definition) is 1. The summed E-state index contributed by atoms with van der Waals surface area (Å²) in [6, 6.07) is 4.99. The number of halogens is 2. The minimum Gasteiger partial charge on any atom is -0.327 e. The van der Waals surface area contributed by atoms with Gasteiger partial charge < -0.3 is 5.73 Å². The van der Waals surface area contributed by atoms with Gasteiger partial charge in [-0.15, -0.1) is 0 Å². The molecule has 0 saturated heterocycles. The number of benzene rings is 1. The van der Waals surface area contributed by atoms with Gasteiger partial charge in [-0.05, 0) is 36.6 Å². The lowest BCUT2D eigenvalue weighted by atomic mass is 9.86. The molecule has 2 rings (SSSR count). The van der Waals surface area contributed by atoms with Gasteiger partial charge in [0.1, 0.15) is 5.82 Å². The van der Waals surface area contributed by atoms with Crippen LogP contribution in [-0.2, 0) is 0 Å². The van der Waals surface area contributed by atoms with E-state index in [2.05, 4.69) is 15.9 Å². The first kappa shape index (κ1) is 9.87. The summed E-state index contributed by atoms with van der Waals surface area (Å²) in [4.78, 5) is 0. The van der Waals surface area contributed by atoms with E-state index in [-0.39, 0.29) is 5.82 Å². The van der Waals surface area contributed by atoms with Crippen LogP contribution in [0.4, 0.5) is 4.39 Å². The Bertz CT molecular complexity index is 379. The van der Waals surface area contributed by atoms with Crippen LogP contribution in [0.1, 0.15) is 18.4 Å². The lowest BCUT2D eigenvalue weighted by Gasteiger charge is -2.25. The number of nitrogens with two attached hydrogens (primary N) is 1. The third-order valence-electron chi connectivity index (χ3n) is 2.37. The maximum absolute atomic E-state index is 12.9. The van der Waals surface area contributed by atoms with Crippen LogP contribution in [0.3, 0.4) is 0 Å². The van der Waals surface area contributed by atoms with Gasteiger partial charge in [0, 0.05) is 10.5 Å². The fourth-order valence-corrected chi connectivity index (χ4v) is 1.94. The van der Waals surface area contributed by atoms with E-state index >= 15 is 0 Å². The lowest BCUT2D eigenvalue weighted by molar-refractivity contribution is 0.547. The van der Waals surface area contributed by atoms with E-state index in [0.29, 0.717) is 6.04 Å². The van der Waals surface area contributed by atoms with Crippen molar-refractivity contribution in [1.29, 1.82) is 0 Å². The van der Waals surface area contributed by atoms with Crippen LogP contribution >= 0.6 is 15.9 Å². The molecule has 14 heavy (non-hydrogen) atoms. The third-order valence-corrected chi connectivity index (χ3v) is 3.09. The second kappa shape index (κ2) is 3.83. The standard InChI is InChI=1S/C11H11BrFN/c12-11-2-1-9(13)6-8(11)3-7-4-10(14)5-7/h1-3,6,10H,4-5,14H2. The summed E-state index contributed by atoms with van der Waals surface area (Å²) >= 11 is 3.38. The van der Waals surface area contributed by atoms with Crippen molar-refractivity contribution in [3.63, 3.8) is 0 Å². The highest BCUT2D eigenvalue weighted by Crippen LogP contribution is 2.29. The summed E-state index contributed by atoms with van der Waals surface area (Å²) in [5.41, 5.74) is 7.85. The van der Waals surface area contributed by atoms with Crippen molar-refractivity contribution in [3.05, 3.63) is 39.6 Å².